The van der Waals surface area contributed by atoms with Gasteiger partial charge < -0.3 is 10.4 Å². The van der Waals surface area contributed by atoms with Crippen LogP contribution in [0.4, 0.5) is 39.8 Å². The maximum Gasteiger partial charge on any atom is 0.283 e. The van der Waals surface area contributed by atoms with E-state index in [1.165, 1.54) is 24.3 Å². The third-order valence-corrected chi connectivity index (χ3v) is 4.16. The Balaban J connectivity index is 2.20. The lowest BCUT2D eigenvalue weighted by Gasteiger charge is -2.39. The van der Waals surface area contributed by atoms with E-state index in [1.807, 2.05) is 0 Å². The highest BCUT2D eigenvalue weighted by Gasteiger charge is 2.26. The molecule has 3 aromatic rings. The number of anilines is 2. The average molecular weight is 439 g/mol. The van der Waals surface area contributed by atoms with Crippen molar-refractivity contribution in [2.75, 3.05) is 5.01 Å². The molecule has 0 aliphatic carbocycles. The second kappa shape index (κ2) is 8.70. The van der Waals surface area contributed by atoms with E-state index in [9.17, 15) is 40.5 Å². The van der Waals surface area contributed by atoms with Gasteiger partial charge in [-0.1, -0.05) is 18.2 Å². The molecule has 3 aromatic carbocycles. The van der Waals surface area contributed by atoms with Gasteiger partial charge in [0.05, 0.1) is 31.8 Å². The molecule has 0 heterocycles. The average Bonchev–Trinajstić information content (AvgIpc) is 2.77. The van der Waals surface area contributed by atoms with Crippen LogP contribution in [-0.2, 0) is 0 Å². The topological polar surface area (TPSA) is 190 Å². The van der Waals surface area contributed by atoms with Gasteiger partial charge in [0, 0.05) is 29.2 Å². The molecule has 14 nitrogen and oxygen atoms in total. The molecule has 0 aliphatic heterocycles. The van der Waals surface area contributed by atoms with Crippen LogP contribution in [0.5, 0.6) is 0 Å². The molecule has 0 N–H and O–H groups in total. The Morgan fingerprint density at radius 2 is 1.06 bits per heavy atom. The van der Waals surface area contributed by atoms with Crippen LogP contribution in [0.3, 0.4) is 0 Å². The van der Waals surface area contributed by atoms with Crippen LogP contribution >= 0.6 is 0 Å². The monoisotopic (exact) mass is 439 g/mol. The summed E-state index contributed by atoms with van der Waals surface area (Å²) in [6, 6.07) is 14.1. The molecule has 0 spiro atoms. The Labute approximate surface area is 177 Å². The zero-order chi connectivity index (χ0) is 23.4. The number of nitro benzene ring substituents is 4. The number of nitrogens with zero attached hydrogens (tertiary/aromatic N) is 6. The molecule has 0 amide bonds. The number of non-ortho nitro benzene ring substituents is 2. The molecular formula is C18H11N6O8-. The van der Waals surface area contributed by atoms with Gasteiger partial charge in [0.2, 0.25) is 0 Å². The Hall–Kier alpha value is -5.14. The van der Waals surface area contributed by atoms with Gasteiger partial charge in [-0.15, -0.1) is 0 Å². The first-order valence-corrected chi connectivity index (χ1v) is 8.61. The third kappa shape index (κ3) is 4.38. The summed E-state index contributed by atoms with van der Waals surface area (Å²) in [5.41, 5.74) is 0.894. The van der Waals surface area contributed by atoms with Crippen molar-refractivity contribution in [3.05, 3.63) is 113 Å². The van der Waals surface area contributed by atoms with Crippen LogP contribution in [0.1, 0.15) is 0 Å². The largest absolute Gasteiger partial charge is 0.579 e. The smallest absolute Gasteiger partial charge is 0.283 e. The van der Waals surface area contributed by atoms with Gasteiger partial charge in [-0.3, -0.25) is 40.5 Å². The van der Waals surface area contributed by atoms with Crippen molar-refractivity contribution >= 4 is 39.8 Å². The molecule has 0 unspecified atom stereocenters. The quantitative estimate of drug-likeness (QED) is 0.340. The summed E-state index contributed by atoms with van der Waals surface area (Å²) >= 11 is 0. The Morgan fingerprint density at radius 3 is 1.50 bits per heavy atom. The van der Waals surface area contributed by atoms with Crippen LogP contribution in [0.2, 0.25) is 0 Å². The maximum absolute atomic E-state index is 11.6. The van der Waals surface area contributed by atoms with Crippen molar-refractivity contribution in [2.24, 2.45) is 0 Å². The fourth-order valence-corrected chi connectivity index (χ4v) is 2.73. The van der Waals surface area contributed by atoms with Gasteiger partial charge in [-0.25, -0.2) is 0 Å². The van der Waals surface area contributed by atoms with Crippen molar-refractivity contribution < 1.29 is 19.7 Å². The van der Waals surface area contributed by atoms with Gasteiger partial charge in [0.25, 0.3) is 22.7 Å². The standard InChI is InChI=1S/C18H11N6O8/c25-21(26)14-8-6-13(7-9-14)20(12-4-2-1-3-5-12)19-18-16(23(29)30)10-15(22(27)28)11-17(18)24(31)32/h1-11H/q-1. The summed E-state index contributed by atoms with van der Waals surface area (Å²) in [6.45, 7) is 0. The molecular weight excluding hydrogens is 428 g/mol. The number of hydrogen-bond donors (Lipinski definition) is 0. The van der Waals surface area contributed by atoms with Gasteiger partial charge in [-0.05, 0) is 24.3 Å². The van der Waals surface area contributed by atoms with E-state index >= 15 is 0 Å². The van der Waals surface area contributed by atoms with E-state index in [1.54, 1.807) is 30.3 Å². The maximum atomic E-state index is 11.6. The lowest BCUT2D eigenvalue weighted by Crippen LogP contribution is -2.11. The predicted octanol–water partition coefficient (Wildman–Crippen LogP) is 5.08. The van der Waals surface area contributed by atoms with Crippen LogP contribution in [0.15, 0.2) is 66.7 Å². The number of benzene rings is 3. The summed E-state index contributed by atoms with van der Waals surface area (Å²) in [5, 5.41) is 46.2. The highest BCUT2D eigenvalue weighted by atomic mass is 16.6. The van der Waals surface area contributed by atoms with Crippen LogP contribution < -0.4 is 5.01 Å². The van der Waals surface area contributed by atoms with Crippen molar-refractivity contribution in [3.8, 4) is 0 Å². The molecule has 0 saturated heterocycles. The minimum Gasteiger partial charge on any atom is -0.579 e. The minimum atomic E-state index is -1.02. The van der Waals surface area contributed by atoms with E-state index in [-0.39, 0.29) is 11.4 Å². The minimum absolute atomic E-state index is 0.198. The normalized spacial score (nSPS) is 10.2. The Kier molecular flexibility index (Phi) is 5.86. The molecule has 0 radical (unpaired) electrons. The van der Waals surface area contributed by atoms with Crippen molar-refractivity contribution in [1.29, 1.82) is 0 Å². The summed E-state index contributed by atoms with van der Waals surface area (Å²) in [5.74, 6) is 0. The predicted molar refractivity (Wildman–Crippen MR) is 111 cm³/mol. The van der Waals surface area contributed by atoms with Crippen molar-refractivity contribution in [1.82, 2.24) is 0 Å². The highest BCUT2D eigenvalue weighted by Crippen LogP contribution is 2.46. The zero-order valence-corrected chi connectivity index (χ0v) is 15.8. The zero-order valence-electron chi connectivity index (χ0n) is 15.8. The summed E-state index contributed by atoms with van der Waals surface area (Å²) in [6.07, 6.45) is 0. The molecule has 0 fully saturated rings. The van der Waals surface area contributed by atoms with Gasteiger partial charge in [0.15, 0.2) is 0 Å². The number of hydrogen-bond acceptors (Lipinski definition) is 9. The van der Waals surface area contributed by atoms with E-state index in [0.29, 0.717) is 17.8 Å². The van der Waals surface area contributed by atoms with Gasteiger partial charge in [-0.2, -0.15) is 0 Å². The molecule has 0 saturated carbocycles. The first-order valence-electron chi connectivity index (χ1n) is 8.61. The van der Waals surface area contributed by atoms with Crippen LogP contribution in [0.25, 0.3) is 5.43 Å². The van der Waals surface area contributed by atoms with E-state index < -0.39 is 42.4 Å². The lowest BCUT2D eigenvalue weighted by molar-refractivity contribution is -0.401. The Bertz CT molecular complexity index is 1180. The fourth-order valence-electron chi connectivity index (χ4n) is 2.73. The first-order chi connectivity index (χ1) is 15.2. The lowest BCUT2D eigenvalue weighted by atomic mass is 10.2. The van der Waals surface area contributed by atoms with E-state index in [4.69, 9.17) is 0 Å². The van der Waals surface area contributed by atoms with Crippen LogP contribution in [0, 0.1) is 40.5 Å². The molecule has 3 rings (SSSR count). The van der Waals surface area contributed by atoms with Gasteiger partial charge >= 0.3 is 0 Å². The molecule has 0 bridgehead atoms. The van der Waals surface area contributed by atoms with Crippen molar-refractivity contribution in [2.45, 2.75) is 0 Å². The highest BCUT2D eigenvalue weighted by molar-refractivity contribution is 5.84. The molecule has 162 valence electrons. The molecule has 0 aliphatic rings. The fraction of sp³-hybridized carbons (Fsp3) is 0. The van der Waals surface area contributed by atoms with Crippen molar-refractivity contribution in [3.63, 3.8) is 0 Å². The second-order valence-corrected chi connectivity index (χ2v) is 6.12. The number of rotatable bonds is 8. The molecule has 0 atom stereocenters. The number of para-hydroxylation sites is 1. The van der Waals surface area contributed by atoms with Gasteiger partial charge in [0.1, 0.15) is 0 Å². The third-order valence-electron chi connectivity index (χ3n) is 4.16. The van der Waals surface area contributed by atoms with E-state index in [2.05, 4.69) is 5.43 Å². The molecule has 14 heteroatoms. The molecule has 0 aromatic heterocycles. The summed E-state index contributed by atoms with van der Waals surface area (Å²) in [4.78, 5) is 41.5. The summed E-state index contributed by atoms with van der Waals surface area (Å²) < 4.78 is 0. The molecule has 32 heavy (non-hydrogen) atoms. The van der Waals surface area contributed by atoms with Crippen LogP contribution in [-0.4, -0.2) is 19.7 Å². The number of nitro groups is 4. The SMILES string of the molecule is O=[N+]([O-])c1ccc(N([N-]c2c([N+](=O)[O-])cc([N+](=O)[O-])cc2[N+](=O)[O-])c2ccccc2)cc1. The van der Waals surface area contributed by atoms with E-state index in [0.717, 1.165) is 5.01 Å². The Morgan fingerprint density at radius 1 is 0.594 bits per heavy atom. The summed E-state index contributed by atoms with van der Waals surface area (Å²) in [7, 11) is 0. The first kappa shape index (κ1) is 21.6. The second-order valence-electron chi connectivity index (χ2n) is 6.12.